The van der Waals surface area contributed by atoms with Crippen LogP contribution in [0, 0.1) is 0 Å². The van der Waals surface area contributed by atoms with Crippen molar-refractivity contribution in [3.05, 3.63) is 10.5 Å². The van der Waals surface area contributed by atoms with E-state index in [1.807, 2.05) is 21.6 Å². The Bertz CT molecular complexity index is 126. The lowest BCUT2D eigenvalue weighted by Gasteiger charge is -1.97. The summed E-state index contributed by atoms with van der Waals surface area (Å²) < 4.78 is 0. The monoisotopic (exact) mass is 146 g/mol. The highest BCUT2D eigenvalue weighted by Gasteiger charge is 2.15. The van der Waals surface area contributed by atoms with E-state index < -0.39 is 0 Å². The van der Waals surface area contributed by atoms with Gasteiger partial charge in [0.2, 0.25) is 0 Å². The zero-order valence-corrected chi connectivity index (χ0v) is 7.03. The predicted octanol–water partition coefficient (Wildman–Crippen LogP) is 3.06. The lowest BCUT2D eigenvalue weighted by Crippen LogP contribution is -1.89. The van der Waals surface area contributed by atoms with Crippen molar-refractivity contribution in [3.63, 3.8) is 0 Å². The Morgan fingerprint density at radius 2 is 2.00 bits per heavy atom. The molecule has 0 aromatic heterocycles. The molecular weight excluding hydrogens is 136 g/mol. The van der Waals surface area contributed by atoms with Crippen LogP contribution in [0.15, 0.2) is 10.5 Å². The Kier molecular flexibility index (Phi) is 1.93. The first-order valence-corrected chi connectivity index (χ1v) is 4.94. The first-order chi connectivity index (χ1) is 3.72. The molecule has 8 heavy (non-hydrogen) atoms. The Morgan fingerprint density at radius 1 is 1.38 bits per heavy atom. The molecule has 0 saturated carbocycles. The van der Waals surface area contributed by atoms with Crippen molar-refractivity contribution in [1.82, 2.24) is 0 Å². The van der Waals surface area contributed by atoms with Crippen LogP contribution in [0.2, 0.25) is 0 Å². The molecule has 1 unspecified atom stereocenters. The van der Waals surface area contributed by atoms with Gasteiger partial charge in [-0.3, -0.25) is 0 Å². The maximum absolute atomic E-state index is 2.25. The third-order valence-electron chi connectivity index (χ3n) is 1.48. The summed E-state index contributed by atoms with van der Waals surface area (Å²) in [5.41, 5.74) is 1.56. The van der Waals surface area contributed by atoms with E-state index in [0.717, 1.165) is 5.25 Å². The molecule has 1 heterocycles. The molecule has 1 rings (SSSR count). The van der Waals surface area contributed by atoms with Crippen LogP contribution in [-0.2, 0) is 0 Å². The molecule has 1 aliphatic heterocycles. The summed E-state index contributed by atoms with van der Waals surface area (Å²) in [5.74, 6) is 0. The van der Waals surface area contributed by atoms with Crippen LogP contribution < -0.4 is 0 Å². The fourth-order valence-corrected chi connectivity index (χ4v) is 3.25. The first-order valence-electron chi connectivity index (χ1n) is 2.72. The van der Waals surface area contributed by atoms with Gasteiger partial charge in [0.05, 0.1) is 0 Å². The van der Waals surface area contributed by atoms with E-state index in [0.29, 0.717) is 0 Å². The highest BCUT2D eigenvalue weighted by molar-refractivity contribution is 8.78. The summed E-state index contributed by atoms with van der Waals surface area (Å²) in [6.45, 7) is 6.66. The molecular formula is C6H10S2. The zero-order valence-electron chi connectivity index (χ0n) is 5.39. The van der Waals surface area contributed by atoms with Gasteiger partial charge in [-0.1, -0.05) is 21.6 Å². The van der Waals surface area contributed by atoms with Gasteiger partial charge in [-0.15, -0.1) is 0 Å². The SMILES string of the molecule is CC1=C(C)C(C)SS1. The average Bonchev–Trinajstić information content (AvgIpc) is 1.98. The largest absolute Gasteiger partial charge is 0.0816 e. The van der Waals surface area contributed by atoms with E-state index in [4.69, 9.17) is 0 Å². The van der Waals surface area contributed by atoms with E-state index in [1.165, 1.54) is 4.91 Å². The quantitative estimate of drug-likeness (QED) is 0.482. The van der Waals surface area contributed by atoms with Gasteiger partial charge in [0, 0.05) is 5.25 Å². The van der Waals surface area contributed by atoms with Gasteiger partial charge >= 0.3 is 0 Å². The summed E-state index contributed by atoms with van der Waals surface area (Å²) in [4.78, 5) is 1.50. The Balaban J connectivity index is 2.71. The smallest absolute Gasteiger partial charge is 0.0343 e. The maximum atomic E-state index is 2.25. The molecule has 0 nitrogen and oxygen atoms in total. The van der Waals surface area contributed by atoms with Gasteiger partial charge < -0.3 is 0 Å². The second-order valence-electron chi connectivity index (χ2n) is 2.06. The van der Waals surface area contributed by atoms with Crippen LogP contribution in [0.1, 0.15) is 20.8 Å². The summed E-state index contributed by atoms with van der Waals surface area (Å²) >= 11 is 0. The van der Waals surface area contributed by atoms with Gasteiger partial charge in [-0.25, -0.2) is 0 Å². The van der Waals surface area contributed by atoms with Gasteiger partial charge in [0.25, 0.3) is 0 Å². The first kappa shape index (κ1) is 6.56. The molecule has 0 amide bonds. The highest BCUT2D eigenvalue weighted by atomic mass is 33.1. The van der Waals surface area contributed by atoms with Gasteiger partial charge in [0.15, 0.2) is 0 Å². The fraction of sp³-hybridized carbons (Fsp3) is 0.667. The molecule has 0 spiro atoms. The minimum Gasteiger partial charge on any atom is -0.0816 e. The summed E-state index contributed by atoms with van der Waals surface area (Å²) in [5, 5.41) is 0.750. The standard InChI is InChI=1S/C6H10S2/c1-4-5(2)7-8-6(4)3/h5H,1-3H3. The number of hydrogen-bond acceptors (Lipinski definition) is 2. The minimum atomic E-state index is 0.750. The normalized spacial score (nSPS) is 29.6. The van der Waals surface area contributed by atoms with Gasteiger partial charge in [0.1, 0.15) is 0 Å². The molecule has 0 N–H and O–H groups in total. The molecule has 0 bridgehead atoms. The van der Waals surface area contributed by atoms with Crippen molar-refractivity contribution in [2.75, 3.05) is 0 Å². The van der Waals surface area contributed by atoms with E-state index >= 15 is 0 Å². The van der Waals surface area contributed by atoms with Crippen LogP contribution in [-0.4, -0.2) is 5.25 Å². The lowest BCUT2D eigenvalue weighted by atomic mass is 10.2. The molecule has 1 aliphatic rings. The van der Waals surface area contributed by atoms with E-state index in [2.05, 4.69) is 20.8 Å². The van der Waals surface area contributed by atoms with Gasteiger partial charge in [-0.05, 0) is 31.2 Å². The second kappa shape index (κ2) is 2.36. The van der Waals surface area contributed by atoms with Crippen LogP contribution in [0.3, 0.4) is 0 Å². The van der Waals surface area contributed by atoms with Crippen molar-refractivity contribution in [2.45, 2.75) is 26.0 Å². The van der Waals surface area contributed by atoms with E-state index in [9.17, 15) is 0 Å². The summed E-state index contributed by atoms with van der Waals surface area (Å²) in [6.07, 6.45) is 0. The lowest BCUT2D eigenvalue weighted by molar-refractivity contribution is 1.12. The average molecular weight is 146 g/mol. The molecule has 0 saturated heterocycles. The number of hydrogen-bond donors (Lipinski definition) is 0. The Morgan fingerprint density at radius 3 is 2.12 bits per heavy atom. The summed E-state index contributed by atoms with van der Waals surface area (Å²) in [7, 11) is 3.87. The summed E-state index contributed by atoms with van der Waals surface area (Å²) in [6, 6.07) is 0. The van der Waals surface area contributed by atoms with Crippen molar-refractivity contribution in [2.24, 2.45) is 0 Å². The molecule has 0 radical (unpaired) electrons. The van der Waals surface area contributed by atoms with Crippen molar-refractivity contribution >= 4 is 21.6 Å². The molecule has 0 aliphatic carbocycles. The maximum Gasteiger partial charge on any atom is 0.0343 e. The number of rotatable bonds is 0. The third-order valence-corrected chi connectivity index (χ3v) is 4.70. The van der Waals surface area contributed by atoms with E-state index in [-0.39, 0.29) is 0 Å². The molecule has 0 aromatic rings. The van der Waals surface area contributed by atoms with Crippen LogP contribution in [0.4, 0.5) is 0 Å². The highest BCUT2D eigenvalue weighted by Crippen LogP contribution is 2.45. The van der Waals surface area contributed by atoms with E-state index in [1.54, 1.807) is 5.57 Å². The predicted molar refractivity (Wildman–Crippen MR) is 43.0 cm³/mol. The molecule has 2 heteroatoms. The topological polar surface area (TPSA) is 0 Å². The van der Waals surface area contributed by atoms with Gasteiger partial charge in [-0.2, -0.15) is 0 Å². The number of allylic oxidation sites excluding steroid dienone is 1. The van der Waals surface area contributed by atoms with Crippen LogP contribution in [0.5, 0.6) is 0 Å². The zero-order chi connectivity index (χ0) is 6.15. The van der Waals surface area contributed by atoms with Crippen LogP contribution >= 0.6 is 21.6 Å². The van der Waals surface area contributed by atoms with Crippen molar-refractivity contribution < 1.29 is 0 Å². The minimum absolute atomic E-state index is 0.750. The molecule has 1 atom stereocenters. The Labute approximate surface area is 58.5 Å². The van der Waals surface area contributed by atoms with Crippen LogP contribution in [0.25, 0.3) is 0 Å². The second-order valence-corrected chi connectivity index (χ2v) is 4.82. The third kappa shape index (κ3) is 1.06. The molecule has 46 valence electrons. The van der Waals surface area contributed by atoms with Crippen molar-refractivity contribution in [3.8, 4) is 0 Å². The van der Waals surface area contributed by atoms with Crippen molar-refractivity contribution in [1.29, 1.82) is 0 Å². The molecule has 0 fully saturated rings. The Hall–Kier alpha value is 0.440. The molecule has 0 aromatic carbocycles. The fourth-order valence-electron chi connectivity index (χ4n) is 0.568.